The van der Waals surface area contributed by atoms with E-state index in [4.69, 9.17) is 9.47 Å². The fourth-order valence-electron chi connectivity index (χ4n) is 6.60. The molecule has 0 radical (unpaired) electrons. The summed E-state index contributed by atoms with van der Waals surface area (Å²) in [6.45, 7) is 4.84. The quantitative estimate of drug-likeness (QED) is 0.270. The summed E-state index contributed by atoms with van der Waals surface area (Å²) >= 11 is 0. The van der Waals surface area contributed by atoms with Crippen LogP contribution in [0.4, 0.5) is 0 Å². The second-order valence-electron chi connectivity index (χ2n) is 11.4. The minimum Gasteiger partial charge on any atom is -0.497 e. The van der Waals surface area contributed by atoms with Crippen LogP contribution < -0.4 is 9.47 Å². The summed E-state index contributed by atoms with van der Waals surface area (Å²) in [5.41, 5.74) is 2.14. The number of carbonyl (C=O) groups excluding carboxylic acids is 2. The fraction of sp³-hybridized carbons (Fsp3) is 0.500. The second kappa shape index (κ2) is 11.3. The van der Waals surface area contributed by atoms with Crippen LogP contribution in [-0.2, 0) is 15.0 Å². The molecule has 5 rings (SSSR count). The van der Waals surface area contributed by atoms with E-state index in [-0.39, 0.29) is 23.3 Å². The van der Waals surface area contributed by atoms with Crippen molar-refractivity contribution in [3.63, 3.8) is 0 Å². The Morgan fingerprint density at radius 1 is 1.08 bits per heavy atom. The van der Waals surface area contributed by atoms with Gasteiger partial charge in [0.05, 0.1) is 7.11 Å². The van der Waals surface area contributed by atoms with Crippen LogP contribution in [0.15, 0.2) is 54.6 Å². The topological polar surface area (TPSA) is 59.1 Å². The van der Waals surface area contributed by atoms with Crippen LogP contribution in [0.2, 0.25) is 0 Å². The number of esters is 1. The molecule has 2 aliphatic carbocycles. The predicted molar refractivity (Wildman–Crippen MR) is 149 cm³/mol. The van der Waals surface area contributed by atoms with E-state index in [0.29, 0.717) is 11.7 Å². The molecule has 3 atom stereocenters. The van der Waals surface area contributed by atoms with Crippen molar-refractivity contribution in [2.45, 2.75) is 56.9 Å². The molecule has 1 heterocycles. The Morgan fingerprint density at radius 3 is 2.63 bits per heavy atom. The van der Waals surface area contributed by atoms with Gasteiger partial charge in [-0.3, -0.25) is 9.59 Å². The van der Waals surface area contributed by atoms with Gasteiger partial charge in [-0.25, -0.2) is 0 Å². The van der Waals surface area contributed by atoms with E-state index in [0.717, 1.165) is 56.0 Å². The van der Waals surface area contributed by atoms with E-state index in [1.54, 1.807) is 13.2 Å². The molecule has 2 aromatic rings. The van der Waals surface area contributed by atoms with Crippen molar-refractivity contribution in [2.24, 2.45) is 11.8 Å². The number of likely N-dealkylation sites (tertiary alicyclic amines) is 1. The molecule has 0 spiro atoms. The smallest absolute Gasteiger partial charge is 0.308 e. The first-order chi connectivity index (χ1) is 18.4. The highest BCUT2D eigenvalue weighted by atomic mass is 16.5. The van der Waals surface area contributed by atoms with Gasteiger partial charge in [-0.05, 0) is 98.4 Å². The molecule has 202 valence electrons. The molecule has 6 nitrogen and oxygen atoms in total. The number of methoxy groups -OCH3 is 1. The van der Waals surface area contributed by atoms with Gasteiger partial charge in [-0.2, -0.15) is 0 Å². The molecule has 3 aliphatic rings. The SMILES string of the molecule is COc1cccc(/C=C/C(=O)N(C)C2CCC3CN(CC4CC4)CCC3(c3cccc(OC(C)=O)c3)C2)c1. The summed E-state index contributed by atoms with van der Waals surface area (Å²) in [6, 6.07) is 16.0. The Balaban J connectivity index is 1.36. The molecule has 38 heavy (non-hydrogen) atoms. The number of hydrogen-bond acceptors (Lipinski definition) is 5. The number of amides is 1. The summed E-state index contributed by atoms with van der Waals surface area (Å²) in [5, 5.41) is 0. The molecule has 0 bridgehead atoms. The van der Waals surface area contributed by atoms with Crippen molar-refractivity contribution >= 4 is 18.0 Å². The van der Waals surface area contributed by atoms with Crippen LogP contribution in [0.25, 0.3) is 6.08 Å². The third kappa shape index (κ3) is 5.96. The minimum absolute atomic E-state index is 0.0197. The first kappa shape index (κ1) is 26.5. The van der Waals surface area contributed by atoms with Crippen LogP contribution in [0.1, 0.15) is 56.6 Å². The Hall–Kier alpha value is -3.12. The van der Waals surface area contributed by atoms with Crippen LogP contribution in [0, 0.1) is 11.8 Å². The van der Waals surface area contributed by atoms with E-state index < -0.39 is 0 Å². The molecule has 0 N–H and O–H groups in total. The number of ether oxygens (including phenoxy) is 2. The number of piperidine rings is 1. The first-order valence-electron chi connectivity index (χ1n) is 14.0. The third-order valence-corrected chi connectivity index (χ3v) is 8.87. The van der Waals surface area contributed by atoms with Crippen molar-refractivity contribution < 1.29 is 19.1 Å². The van der Waals surface area contributed by atoms with Crippen molar-refractivity contribution in [1.82, 2.24) is 9.80 Å². The molecule has 1 saturated heterocycles. The highest BCUT2D eigenvalue weighted by molar-refractivity contribution is 5.91. The number of carbonyl (C=O) groups is 2. The Bertz CT molecular complexity index is 1190. The molecule has 2 saturated carbocycles. The average molecular weight is 517 g/mol. The lowest BCUT2D eigenvalue weighted by molar-refractivity contribution is -0.132. The highest BCUT2D eigenvalue weighted by Crippen LogP contribution is 2.51. The fourth-order valence-corrected chi connectivity index (χ4v) is 6.60. The summed E-state index contributed by atoms with van der Waals surface area (Å²) in [6.07, 6.45) is 10.3. The highest BCUT2D eigenvalue weighted by Gasteiger charge is 2.49. The average Bonchev–Trinajstić information content (AvgIpc) is 3.75. The number of hydrogen-bond donors (Lipinski definition) is 0. The lowest BCUT2D eigenvalue weighted by atomic mass is 9.57. The summed E-state index contributed by atoms with van der Waals surface area (Å²) < 4.78 is 10.8. The third-order valence-electron chi connectivity index (χ3n) is 8.87. The molecular formula is C32H40N2O4. The van der Waals surface area contributed by atoms with Crippen molar-refractivity contribution in [3.05, 3.63) is 65.7 Å². The first-order valence-corrected chi connectivity index (χ1v) is 14.0. The van der Waals surface area contributed by atoms with Gasteiger partial charge in [0.25, 0.3) is 0 Å². The van der Waals surface area contributed by atoms with Crippen LogP contribution >= 0.6 is 0 Å². The van der Waals surface area contributed by atoms with Crippen molar-refractivity contribution in [1.29, 1.82) is 0 Å². The Kier molecular flexibility index (Phi) is 7.89. The number of nitrogens with zero attached hydrogens (tertiary/aromatic N) is 2. The Labute approximate surface area is 226 Å². The van der Waals surface area contributed by atoms with E-state index in [1.165, 1.54) is 31.9 Å². The molecule has 2 aromatic carbocycles. The van der Waals surface area contributed by atoms with Crippen LogP contribution in [-0.4, -0.2) is 61.5 Å². The zero-order chi connectivity index (χ0) is 26.7. The molecule has 0 aromatic heterocycles. The minimum atomic E-state index is -0.301. The van der Waals surface area contributed by atoms with Gasteiger partial charge >= 0.3 is 5.97 Å². The maximum Gasteiger partial charge on any atom is 0.308 e. The second-order valence-corrected chi connectivity index (χ2v) is 11.4. The van der Waals surface area contributed by atoms with E-state index >= 15 is 0 Å². The number of fused-ring (bicyclic) bond motifs is 1. The summed E-state index contributed by atoms with van der Waals surface area (Å²) in [4.78, 5) is 29.5. The van der Waals surface area contributed by atoms with Gasteiger partial charge < -0.3 is 19.3 Å². The predicted octanol–water partition coefficient (Wildman–Crippen LogP) is 5.31. The lowest BCUT2D eigenvalue weighted by Gasteiger charge is -2.54. The van der Waals surface area contributed by atoms with Gasteiger partial charge in [0.2, 0.25) is 5.91 Å². The zero-order valence-electron chi connectivity index (χ0n) is 22.9. The van der Waals surface area contributed by atoms with Crippen molar-refractivity contribution in [2.75, 3.05) is 33.8 Å². The van der Waals surface area contributed by atoms with Gasteiger partial charge in [-0.15, -0.1) is 0 Å². The maximum absolute atomic E-state index is 13.3. The standard InChI is InChI=1S/C32H40N2O4/c1-23(35)38-30-9-5-7-26(19-30)32-16-17-34(21-25-10-11-25)22-27(32)13-14-28(20-32)33(2)31(36)15-12-24-6-4-8-29(18-24)37-3/h4-9,12,15,18-19,25,27-28H,10-11,13-14,16-17,20-22H2,1-3H3/b15-12+. The van der Waals surface area contributed by atoms with Gasteiger partial charge in [0, 0.05) is 44.6 Å². The molecule has 1 aliphatic heterocycles. The van der Waals surface area contributed by atoms with Crippen LogP contribution in [0.5, 0.6) is 11.5 Å². The summed E-state index contributed by atoms with van der Waals surface area (Å²) in [7, 11) is 3.58. The Morgan fingerprint density at radius 2 is 1.87 bits per heavy atom. The van der Waals surface area contributed by atoms with Gasteiger partial charge in [0.1, 0.15) is 11.5 Å². The number of benzene rings is 2. The lowest BCUT2D eigenvalue weighted by Crippen LogP contribution is -2.56. The normalized spacial score (nSPS) is 25.6. The summed E-state index contributed by atoms with van der Waals surface area (Å²) in [5.74, 6) is 2.51. The largest absolute Gasteiger partial charge is 0.497 e. The van der Waals surface area contributed by atoms with Gasteiger partial charge in [-0.1, -0.05) is 24.3 Å². The monoisotopic (exact) mass is 516 g/mol. The maximum atomic E-state index is 13.3. The van der Waals surface area contributed by atoms with E-state index in [1.807, 2.05) is 54.4 Å². The molecule has 3 unspecified atom stereocenters. The van der Waals surface area contributed by atoms with Crippen molar-refractivity contribution in [3.8, 4) is 11.5 Å². The molecule has 6 heteroatoms. The van der Waals surface area contributed by atoms with E-state index in [9.17, 15) is 9.59 Å². The molecule has 3 fully saturated rings. The number of rotatable bonds is 8. The van der Waals surface area contributed by atoms with Crippen LogP contribution in [0.3, 0.4) is 0 Å². The molecular weight excluding hydrogens is 476 g/mol. The zero-order valence-corrected chi connectivity index (χ0v) is 22.9. The molecule has 1 amide bonds. The van der Waals surface area contributed by atoms with Gasteiger partial charge in [0.15, 0.2) is 0 Å². The van der Waals surface area contributed by atoms with E-state index in [2.05, 4.69) is 17.0 Å². The number of likely N-dealkylation sites (N-methyl/N-ethyl adjacent to an activating group) is 1.